The number of hydrogen-bond donors (Lipinski definition) is 3. The number of nitrogens with zero attached hydrogens (tertiary/aromatic N) is 2. The molecule has 0 radical (unpaired) electrons. The van der Waals surface area contributed by atoms with Crippen LogP contribution in [0.3, 0.4) is 0 Å². The predicted molar refractivity (Wildman–Crippen MR) is 167 cm³/mol. The number of rotatable bonds is 14. The third kappa shape index (κ3) is 10.4. The van der Waals surface area contributed by atoms with Gasteiger partial charge in [-0.3, -0.25) is 14.4 Å². The summed E-state index contributed by atoms with van der Waals surface area (Å²) in [6.45, 7) is 6.04. The maximum Gasteiger partial charge on any atom is 0.242 e. The van der Waals surface area contributed by atoms with Gasteiger partial charge in [0.2, 0.25) is 17.7 Å². The Morgan fingerprint density at radius 3 is 2.42 bits per heavy atom. The van der Waals surface area contributed by atoms with E-state index in [2.05, 4.69) is 15.6 Å². The van der Waals surface area contributed by atoms with Crippen LogP contribution in [0.15, 0.2) is 41.9 Å². The van der Waals surface area contributed by atoms with Gasteiger partial charge in [0.05, 0.1) is 25.2 Å². The molecule has 43 heavy (non-hydrogen) atoms. The van der Waals surface area contributed by atoms with Crippen molar-refractivity contribution >= 4 is 29.1 Å². The van der Waals surface area contributed by atoms with Gasteiger partial charge < -0.3 is 25.4 Å². The maximum absolute atomic E-state index is 13.8. The summed E-state index contributed by atoms with van der Waals surface area (Å²) in [5.74, 6) is -0.762. The second-order valence-electron chi connectivity index (χ2n) is 12.4. The average Bonchev–Trinajstić information content (AvgIpc) is 3.56. The number of carbonyl (C=O) groups is 3. The average molecular weight is 613 g/mol. The van der Waals surface area contributed by atoms with E-state index in [0.29, 0.717) is 56.5 Å². The van der Waals surface area contributed by atoms with Crippen molar-refractivity contribution in [3.8, 4) is 0 Å². The Hall–Kier alpha value is -2.82. The summed E-state index contributed by atoms with van der Waals surface area (Å²) in [5, 5.41) is 19.8. The van der Waals surface area contributed by atoms with Crippen LogP contribution in [-0.4, -0.2) is 71.1 Å². The van der Waals surface area contributed by atoms with Crippen molar-refractivity contribution in [2.45, 2.75) is 89.8 Å². The molecule has 0 bridgehead atoms. The second kappa shape index (κ2) is 16.9. The number of ether oxygens (including phenoxy) is 1. The molecule has 1 aliphatic heterocycles. The second-order valence-corrected chi connectivity index (χ2v) is 13.4. The zero-order chi connectivity index (χ0) is 30.6. The summed E-state index contributed by atoms with van der Waals surface area (Å²) in [7, 11) is 0. The fourth-order valence-electron chi connectivity index (χ4n) is 6.19. The molecule has 0 unspecified atom stereocenters. The highest BCUT2D eigenvalue weighted by Gasteiger charge is 2.33. The summed E-state index contributed by atoms with van der Waals surface area (Å²) < 4.78 is 5.39. The fourth-order valence-corrected chi connectivity index (χ4v) is 6.87. The van der Waals surface area contributed by atoms with Gasteiger partial charge in [-0.05, 0) is 36.7 Å². The number of nitrogens with one attached hydrogen (secondary N) is 2. The molecule has 236 valence electrons. The molecule has 2 heterocycles. The number of morpholine rings is 1. The van der Waals surface area contributed by atoms with Crippen LogP contribution >= 0.6 is 11.3 Å². The third-order valence-corrected chi connectivity index (χ3v) is 9.39. The number of aromatic nitrogens is 1. The summed E-state index contributed by atoms with van der Waals surface area (Å²) in [6.07, 6.45) is 8.03. The molecule has 9 nitrogen and oxygen atoms in total. The first-order chi connectivity index (χ1) is 20.8. The molecule has 1 aliphatic carbocycles. The van der Waals surface area contributed by atoms with Crippen molar-refractivity contribution in [3.05, 3.63) is 52.5 Å². The van der Waals surface area contributed by atoms with Gasteiger partial charge >= 0.3 is 0 Å². The van der Waals surface area contributed by atoms with Gasteiger partial charge in [-0.2, -0.15) is 0 Å². The lowest BCUT2D eigenvalue weighted by atomic mass is 9.83. The van der Waals surface area contributed by atoms with Crippen LogP contribution in [0, 0.1) is 17.8 Å². The van der Waals surface area contributed by atoms with Crippen molar-refractivity contribution in [2.75, 3.05) is 26.3 Å². The Morgan fingerprint density at radius 2 is 1.77 bits per heavy atom. The van der Waals surface area contributed by atoms with Gasteiger partial charge in [0.15, 0.2) is 0 Å². The molecular formula is C33H48N4O5S. The number of hydrogen-bond acceptors (Lipinski definition) is 7. The van der Waals surface area contributed by atoms with Crippen LogP contribution < -0.4 is 10.6 Å². The van der Waals surface area contributed by atoms with E-state index < -0.39 is 24.1 Å². The van der Waals surface area contributed by atoms with E-state index in [1.54, 1.807) is 11.1 Å². The molecule has 3 N–H and O–H groups in total. The van der Waals surface area contributed by atoms with E-state index in [4.69, 9.17) is 4.74 Å². The van der Waals surface area contributed by atoms with E-state index in [0.717, 1.165) is 31.2 Å². The Bertz CT molecular complexity index is 1130. The molecule has 10 heteroatoms. The number of aliphatic hydroxyl groups is 1. The summed E-state index contributed by atoms with van der Waals surface area (Å²) in [6, 6.07) is 8.37. The first-order valence-electron chi connectivity index (χ1n) is 15.9. The first kappa shape index (κ1) is 33.1. The standard InChI is InChI=1S/C33H48N4O5S/c1-23(2)19-28(32(41)35-27(21-25-11-7-4-8-12-25)30(39)33-34-13-18-43-33)36-31(40)26(20-24-9-5-3-6-10-24)22-29(38)37-14-16-42-17-15-37/h3,5-6,9-10,13,18,23,25-28,30,39H,4,7-8,11-12,14-17,19-22H2,1-2H3,(H,35,41)(H,36,40)/t26-,27-,28+,30+/m1/s1. The molecule has 4 atom stereocenters. The first-order valence-corrected chi connectivity index (χ1v) is 16.8. The quantitative estimate of drug-likeness (QED) is 0.293. The van der Waals surface area contributed by atoms with Crippen LogP contribution in [0.2, 0.25) is 0 Å². The van der Waals surface area contributed by atoms with Crippen LogP contribution in [0.1, 0.15) is 81.9 Å². The molecule has 3 amide bonds. The predicted octanol–water partition coefficient (Wildman–Crippen LogP) is 4.27. The van der Waals surface area contributed by atoms with Crippen LogP contribution in [0.5, 0.6) is 0 Å². The topological polar surface area (TPSA) is 121 Å². The Morgan fingerprint density at radius 1 is 1.05 bits per heavy atom. The lowest BCUT2D eigenvalue weighted by molar-refractivity contribution is -0.140. The number of benzene rings is 1. The van der Waals surface area contributed by atoms with Gasteiger partial charge in [-0.1, -0.05) is 76.3 Å². The van der Waals surface area contributed by atoms with Crippen LogP contribution in [0.4, 0.5) is 0 Å². The Labute approximate surface area is 259 Å². The minimum absolute atomic E-state index is 0.0593. The normalized spacial score (nSPS) is 18.9. The summed E-state index contributed by atoms with van der Waals surface area (Å²) in [4.78, 5) is 47.0. The molecular weight excluding hydrogens is 564 g/mol. The Balaban J connectivity index is 1.49. The minimum atomic E-state index is -0.918. The molecule has 2 aliphatic rings. The molecule has 1 saturated carbocycles. The van der Waals surface area contributed by atoms with Crippen molar-refractivity contribution in [2.24, 2.45) is 17.8 Å². The molecule has 1 aromatic carbocycles. The van der Waals surface area contributed by atoms with Crippen molar-refractivity contribution in [1.29, 1.82) is 0 Å². The number of carbonyl (C=O) groups excluding carboxylic acids is 3. The third-order valence-electron chi connectivity index (χ3n) is 8.55. The van der Waals surface area contributed by atoms with Crippen LogP contribution in [0.25, 0.3) is 0 Å². The van der Waals surface area contributed by atoms with E-state index in [-0.39, 0.29) is 30.1 Å². The molecule has 1 aromatic heterocycles. The number of aliphatic hydroxyl groups excluding tert-OH is 1. The van der Waals surface area contributed by atoms with E-state index in [1.807, 2.05) is 49.6 Å². The molecule has 4 rings (SSSR count). The van der Waals surface area contributed by atoms with Crippen molar-refractivity contribution < 1.29 is 24.2 Å². The van der Waals surface area contributed by atoms with E-state index in [9.17, 15) is 19.5 Å². The van der Waals surface area contributed by atoms with Gasteiger partial charge in [-0.15, -0.1) is 11.3 Å². The Kier molecular flexibility index (Phi) is 13.0. The lowest BCUT2D eigenvalue weighted by Gasteiger charge is -2.32. The van der Waals surface area contributed by atoms with E-state index in [1.165, 1.54) is 17.8 Å². The monoisotopic (exact) mass is 612 g/mol. The van der Waals surface area contributed by atoms with Crippen molar-refractivity contribution in [1.82, 2.24) is 20.5 Å². The lowest BCUT2D eigenvalue weighted by Crippen LogP contribution is -2.53. The highest BCUT2D eigenvalue weighted by Crippen LogP contribution is 2.31. The zero-order valence-corrected chi connectivity index (χ0v) is 26.4. The van der Waals surface area contributed by atoms with Gasteiger partial charge in [-0.25, -0.2) is 4.98 Å². The number of amides is 3. The largest absolute Gasteiger partial charge is 0.384 e. The van der Waals surface area contributed by atoms with E-state index >= 15 is 0 Å². The maximum atomic E-state index is 13.8. The summed E-state index contributed by atoms with van der Waals surface area (Å²) in [5.41, 5.74) is 0.960. The SMILES string of the molecule is CC(C)C[C@H](NC(=O)[C@@H](CC(=O)N1CCOCC1)Cc1ccccc1)C(=O)N[C@H](CC1CCCCC1)[C@H](O)c1nccs1. The molecule has 2 fully saturated rings. The smallest absolute Gasteiger partial charge is 0.242 e. The number of thiazole rings is 1. The molecule has 1 saturated heterocycles. The molecule has 2 aromatic rings. The summed E-state index contributed by atoms with van der Waals surface area (Å²) >= 11 is 1.37. The van der Waals surface area contributed by atoms with Gasteiger partial charge in [0, 0.05) is 31.1 Å². The van der Waals surface area contributed by atoms with Crippen LogP contribution in [-0.2, 0) is 25.5 Å². The van der Waals surface area contributed by atoms with Gasteiger partial charge in [0.25, 0.3) is 0 Å². The van der Waals surface area contributed by atoms with Crippen molar-refractivity contribution in [3.63, 3.8) is 0 Å². The molecule has 0 spiro atoms. The highest BCUT2D eigenvalue weighted by molar-refractivity contribution is 7.09. The highest BCUT2D eigenvalue weighted by atomic mass is 32.1. The fraction of sp³-hybridized carbons (Fsp3) is 0.636. The zero-order valence-electron chi connectivity index (χ0n) is 25.6. The minimum Gasteiger partial charge on any atom is -0.384 e. The van der Waals surface area contributed by atoms with Gasteiger partial charge in [0.1, 0.15) is 17.2 Å².